The van der Waals surface area contributed by atoms with Crippen molar-refractivity contribution in [1.82, 2.24) is 4.90 Å². The Hall–Kier alpha value is -1.82. The number of halogens is 2. The second-order valence-electron chi connectivity index (χ2n) is 6.89. The van der Waals surface area contributed by atoms with Crippen LogP contribution < -0.4 is 0 Å². The first kappa shape index (κ1) is 18.0. The van der Waals surface area contributed by atoms with Crippen LogP contribution >= 0.6 is 0 Å². The van der Waals surface area contributed by atoms with Gasteiger partial charge in [-0.15, -0.1) is 0 Å². The van der Waals surface area contributed by atoms with Gasteiger partial charge in [0.15, 0.2) is 11.6 Å². The Morgan fingerprint density at radius 1 is 1.08 bits per heavy atom. The molecule has 3 nitrogen and oxygen atoms in total. The average molecular weight is 347 g/mol. The second-order valence-corrected chi connectivity index (χ2v) is 6.89. The summed E-state index contributed by atoms with van der Waals surface area (Å²) in [6, 6.07) is 11.4. The van der Waals surface area contributed by atoms with Crippen LogP contribution in [0.5, 0.6) is 0 Å². The van der Waals surface area contributed by atoms with E-state index >= 15 is 0 Å². The molecular weight excluding hydrogens is 324 g/mol. The molecule has 2 aromatic rings. The number of hydrogen-bond acceptors (Lipinski definition) is 3. The van der Waals surface area contributed by atoms with Gasteiger partial charge in [0.1, 0.15) is 0 Å². The summed E-state index contributed by atoms with van der Waals surface area (Å²) in [4.78, 5) is 2.04. The maximum absolute atomic E-state index is 13.3. The first-order valence-electron chi connectivity index (χ1n) is 8.52. The molecule has 1 saturated heterocycles. The summed E-state index contributed by atoms with van der Waals surface area (Å²) in [5, 5.41) is 21.2. The molecule has 0 aromatic heterocycles. The van der Waals surface area contributed by atoms with Gasteiger partial charge >= 0.3 is 0 Å². The Morgan fingerprint density at radius 2 is 1.80 bits per heavy atom. The summed E-state index contributed by atoms with van der Waals surface area (Å²) in [7, 11) is 0. The molecule has 2 aromatic carbocycles. The van der Waals surface area contributed by atoms with Gasteiger partial charge < -0.3 is 15.1 Å². The van der Waals surface area contributed by atoms with E-state index in [0.29, 0.717) is 38.0 Å². The molecule has 0 amide bonds. The topological polar surface area (TPSA) is 43.7 Å². The highest BCUT2D eigenvalue weighted by atomic mass is 19.2. The Bertz CT molecular complexity index is 742. The average Bonchev–Trinajstić information content (AvgIpc) is 2.59. The number of piperidine rings is 1. The standard InChI is InChI=1S/C20H23F2NO2/c1-14-3-2-4-16(11-14)20(25)7-9-23(10-8-20)13-19(24)15-5-6-17(21)18(22)12-15/h2-6,11-12,19,24-25H,7-10,13H2,1H3/t19-/m1/s1. The van der Waals surface area contributed by atoms with Crippen LogP contribution in [-0.2, 0) is 5.60 Å². The lowest BCUT2D eigenvalue weighted by Gasteiger charge is -2.39. The second kappa shape index (κ2) is 7.20. The highest BCUT2D eigenvalue weighted by Gasteiger charge is 2.34. The zero-order chi connectivity index (χ0) is 18.0. The number of aliphatic hydroxyl groups is 2. The minimum Gasteiger partial charge on any atom is -0.387 e. The van der Waals surface area contributed by atoms with E-state index in [-0.39, 0.29) is 0 Å². The smallest absolute Gasteiger partial charge is 0.159 e. The first-order chi connectivity index (χ1) is 11.9. The van der Waals surface area contributed by atoms with Crippen molar-refractivity contribution in [1.29, 1.82) is 0 Å². The summed E-state index contributed by atoms with van der Waals surface area (Å²) in [5.74, 6) is -1.87. The van der Waals surface area contributed by atoms with E-state index in [1.807, 2.05) is 36.1 Å². The fourth-order valence-electron chi connectivity index (χ4n) is 3.40. The molecule has 0 bridgehead atoms. The maximum atomic E-state index is 13.3. The van der Waals surface area contributed by atoms with Crippen molar-refractivity contribution in [2.45, 2.75) is 31.5 Å². The van der Waals surface area contributed by atoms with Gasteiger partial charge in [0, 0.05) is 19.6 Å². The first-order valence-corrected chi connectivity index (χ1v) is 8.52. The molecule has 0 spiro atoms. The van der Waals surface area contributed by atoms with Crippen LogP contribution in [0.2, 0.25) is 0 Å². The van der Waals surface area contributed by atoms with Crippen molar-refractivity contribution in [2.24, 2.45) is 0 Å². The minimum atomic E-state index is -0.955. The fraction of sp³-hybridized carbons (Fsp3) is 0.400. The summed E-state index contributed by atoms with van der Waals surface area (Å²) in [6.07, 6.45) is 0.252. The molecule has 3 rings (SSSR count). The van der Waals surface area contributed by atoms with Crippen LogP contribution in [0, 0.1) is 18.6 Å². The minimum absolute atomic E-state index is 0.328. The van der Waals surface area contributed by atoms with Crippen LogP contribution in [-0.4, -0.2) is 34.7 Å². The summed E-state index contributed by atoms with van der Waals surface area (Å²) >= 11 is 0. The number of β-amino-alcohol motifs (C(OH)–C–C–N with tert-alkyl or cyclic N) is 1. The third kappa shape index (κ3) is 4.06. The molecular formula is C20H23F2NO2. The quantitative estimate of drug-likeness (QED) is 0.892. The summed E-state index contributed by atoms with van der Waals surface area (Å²) in [6.45, 7) is 3.59. The molecule has 1 aliphatic heterocycles. The number of nitrogens with zero attached hydrogens (tertiary/aromatic N) is 1. The normalized spacial score (nSPS) is 18.9. The van der Waals surface area contributed by atoms with Gasteiger partial charge in [-0.2, -0.15) is 0 Å². The molecule has 5 heteroatoms. The molecule has 0 unspecified atom stereocenters. The lowest BCUT2D eigenvalue weighted by atomic mass is 9.84. The number of hydrogen-bond donors (Lipinski definition) is 2. The lowest BCUT2D eigenvalue weighted by Crippen LogP contribution is -2.44. The molecule has 0 saturated carbocycles. The number of aliphatic hydroxyl groups excluding tert-OH is 1. The zero-order valence-corrected chi connectivity index (χ0v) is 14.3. The molecule has 1 fully saturated rings. The summed E-state index contributed by atoms with van der Waals surface area (Å²) in [5.41, 5.74) is 1.55. The van der Waals surface area contributed by atoms with E-state index in [1.54, 1.807) is 0 Å². The van der Waals surface area contributed by atoms with E-state index in [0.717, 1.165) is 23.3 Å². The van der Waals surface area contributed by atoms with Crippen LogP contribution in [0.4, 0.5) is 8.78 Å². The van der Waals surface area contributed by atoms with E-state index in [9.17, 15) is 19.0 Å². The maximum Gasteiger partial charge on any atom is 0.159 e. The van der Waals surface area contributed by atoms with Crippen LogP contribution in [0.3, 0.4) is 0 Å². The zero-order valence-electron chi connectivity index (χ0n) is 14.3. The molecule has 0 radical (unpaired) electrons. The number of likely N-dealkylation sites (tertiary alicyclic amines) is 1. The van der Waals surface area contributed by atoms with E-state index in [4.69, 9.17) is 0 Å². The van der Waals surface area contributed by atoms with Crippen molar-refractivity contribution < 1.29 is 19.0 Å². The van der Waals surface area contributed by atoms with Crippen molar-refractivity contribution in [3.8, 4) is 0 Å². The van der Waals surface area contributed by atoms with E-state index < -0.39 is 23.3 Å². The Kier molecular flexibility index (Phi) is 5.18. The van der Waals surface area contributed by atoms with E-state index in [1.165, 1.54) is 6.07 Å². The number of benzene rings is 2. The van der Waals surface area contributed by atoms with Gasteiger partial charge in [-0.1, -0.05) is 35.9 Å². The Labute approximate surface area is 146 Å². The molecule has 1 atom stereocenters. The van der Waals surface area contributed by atoms with Crippen molar-refractivity contribution >= 4 is 0 Å². The Balaban J connectivity index is 1.61. The molecule has 25 heavy (non-hydrogen) atoms. The van der Waals surface area contributed by atoms with E-state index in [2.05, 4.69) is 0 Å². The van der Waals surface area contributed by atoms with Crippen molar-refractivity contribution in [3.63, 3.8) is 0 Å². The SMILES string of the molecule is Cc1cccc(C2(O)CCN(C[C@@H](O)c3ccc(F)c(F)c3)CC2)c1. The third-order valence-corrected chi connectivity index (χ3v) is 5.00. The number of aryl methyl sites for hydroxylation is 1. The molecule has 1 aliphatic rings. The largest absolute Gasteiger partial charge is 0.387 e. The van der Waals surface area contributed by atoms with Crippen molar-refractivity contribution in [2.75, 3.05) is 19.6 Å². The van der Waals surface area contributed by atoms with Crippen LogP contribution in [0.15, 0.2) is 42.5 Å². The third-order valence-electron chi connectivity index (χ3n) is 5.00. The molecule has 1 heterocycles. The van der Waals surface area contributed by atoms with Gasteiger partial charge in [0.05, 0.1) is 11.7 Å². The molecule has 2 N–H and O–H groups in total. The lowest BCUT2D eigenvalue weighted by molar-refractivity contribution is -0.0345. The van der Waals surface area contributed by atoms with Gasteiger partial charge in [0.2, 0.25) is 0 Å². The highest BCUT2D eigenvalue weighted by Crippen LogP contribution is 2.33. The van der Waals surface area contributed by atoms with Crippen LogP contribution in [0.25, 0.3) is 0 Å². The van der Waals surface area contributed by atoms with Gasteiger partial charge in [-0.25, -0.2) is 8.78 Å². The van der Waals surface area contributed by atoms with Gasteiger partial charge in [0.25, 0.3) is 0 Å². The predicted octanol–water partition coefficient (Wildman–Crippen LogP) is 3.29. The number of rotatable bonds is 4. The molecule has 0 aliphatic carbocycles. The van der Waals surface area contributed by atoms with Crippen molar-refractivity contribution in [3.05, 3.63) is 70.8 Å². The summed E-state index contributed by atoms with van der Waals surface area (Å²) < 4.78 is 26.3. The molecule has 134 valence electrons. The predicted molar refractivity (Wildman–Crippen MR) is 92.1 cm³/mol. The monoisotopic (exact) mass is 347 g/mol. The van der Waals surface area contributed by atoms with Gasteiger partial charge in [-0.05, 0) is 43.0 Å². The highest BCUT2D eigenvalue weighted by molar-refractivity contribution is 5.28. The van der Waals surface area contributed by atoms with Gasteiger partial charge in [-0.3, -0.25) is 0 Å². The van der Waals surface area contributed by atoms with Crippen LogP contribution in [0.1, 0.15) is 35.6 Å². The fourth-order valence-corrected chi connectivity index (χ4v) is 3.40. The Morgan fingerprint density at radius 3 is 2.44 bits per heavy atom.